The van der Waals surface area contributed by atoms with Crippen LogP contribution >= 0.6 is 11.6 Å². The molecule has 0 saturated heterocycles. The largest absolute Gasteiger partial charge is 0.497 e. The van der Waals surface area contributed by atoms with Gasteiger partial charge in [0.1, 0.15) is 5.75 Å². The van der Waals surface area contributed by atoms with E-state index < -0.39 is 0 Å². The first kappa shape index (κ1) is 11.8. The molecule has 0 heterocycles. The van der Waals surface area contributed by atoms with Gasteiger partial charge in [0.05, 0.1) is 7.11 Å². The van der Waals surface area contributed by atoms with Crippen LogP contribution in [-0.2, 0) is 6.42 Å². The third-order valence-electron chi connectivity index (χ3n) is 2.66. The molecule has 2 rings (SSSR count). The van der Waals surface area contributed by atoms with Crippen molar-refractivity contribution in [3.8, 4) is 5.75 Å². The molecular formula is C14H14ClNO. The summed E-state index contributed by atoms with van der Waals surface area (Å²) >= 11 is 5.96. The van der Waals surface area contributed by atoms with Crippen LogP contribution in [-0.4, -0.2) is 7.11 Å². The number of benzene rings is 2. The van der Waals surface area contributed by atoms with Crippen LogP contribution in [0, 0.1) is 0 Å². The van der Waals surface area contributed by atoms with E-state index in [1.165, 1.54) is 5.56 Å². The van der Waals surface area contributed by atoms with Crippen LogP contribution in [0.4, 0.5) is 5.69 Å². The van der Waals surface area contributed by atoms with Crippen molar-refractivity contribution in [2.24, 2.45) is 0 Å². The molecule has 0 amide bonds. The van der Waals surface area contributed by atoms with Crippen LogP contribution in [0.3, 0.4) is 0 Å². The van der Waals surface area contributed by atoms with Crippen molar-refractivity contribution in [2.75, 3.05) is 12.8 Å². The molecule has 0 aliphatic rings. The van der Waals surface area contributed by atoms with Crippen molar-refractivity contribution in [3.05, 3.63) is 58.6 Å². The molecule has 2 aromatic rings. The first-order chi connectivity index (χ1) is 8.19. The molecule has 0 aliphatic carbocycles. The lowest BCUT2D eigenvalue weighted by Gasteiger charge is -2.07. The van der Waals surface area contributed by atoms with Crippen LogP contribution in [0.2, 0.25) is 5.02 Å². The van der Waals surface area contributed by atoms with E-state index in [1.807, 2.05) is 36.4 Å². The number of anilines is 1. The zero-order valence-electron chi connectivity index (χ0n) is 9.61. The number of nitrogen functional groups attached to an aromatic ring is 1. The molecule has 2 N–H and O–H groups in total. The van der Waals surface area contributed by atoms with Gasteiger partial charge in [-0.2, -0.15) is 0 Å². The molecule has 0 fully saturated rings. The quantitative estimate of drug-likeness (QED) is 0.843. The normalized spacial score (nSPS) is 10.2. The summed E-state index contributed by atoms with van der Waals surface area (Å²) < 4.78 is 5.12. The maximum atomic E-state index is 5.96. The fraction of sp³-hybridized carbons (Fsp3) is 0.143. The number of nitrogens with two attached hydrogens (primary N) is 1. The highest BCUT2D eigenvalue weighted by Crippen LogP contribution is 2.22. The van der Waals surface area contributed by atoms with E-state index in [4.69, 9.17) is 22.1 Å². The predicted molar refractivity (Wildman–Crippen MR) is 71.7 cm³/mol. The smallest absolute Gasteiger partial charge is 0.118 e. The van der Waals surface area contributed by atoms with Crippen molar-refractivity contribution in [2.45, 2.75) is 6.42 Å². The number of hydrogen-bond donors (Lipinski definition) is 1. The Morgan fingerprint density at radius 3 is 2.47 bits per heavy atom. The summed E-state index contributed by atoms with van der Waals surface area (Å²) in [7, 11) is 1.66. The summed E-state index contributed by atoms with van der Waals surface area (Å²) in [5, 5.41) is 0.711. The molecular weight excluding hydrogens is 234 g/mol. The van der Waals surface area contributed by atoms with E-state index in [-0.39, 0.29) is 0 Å². The Balaban J connectivity index is 2.22. The van der Waals surface area contributed by atoms with Gasteiger partial charge in [0.15, 0.2) is 0 Å². The fourth-order valence-electron chi connectivity index (χ4n) is 1.69. The Morgan fingerprint density at radius 2 is 1.82 bits per heavy atom. The van der Waals surface area contributed by atoms with Gasteiger partial charge in [-0.1, -0.05) is 23.7 Å². The SMILES string of the molecule is COc1ccc(Cc2cc(Cl)ccc2N)cc1. The topological polar surface area (TPSA) is 35.2 Å². The average Bonchev–Trinajstić information content (AvgIpc) is 2.35. The van der Waals surface area contributed by atoms with Gasteiger partial charge < -0.3 is 10.5 Å². The van der Waals surface area contributed by atoms with Crippen LogP contribution in [0.5, 0.6) is 5.75 Å². The van der Waals surface area contributed by atoms with Crippen LogP contribution in [0.25, 0.3) is 0 Å². The Bertz CT molecular complexity index is 508. The van der Waals surface area contributed by atoms with Crippen molar-refractivity contribution in [3.63, 3.8) is 0 Å². The lowest BCUT2D eigenvalue weighted by atomic mass is 10.0. The van der Waals surface area contributed by atoms with Crippen LogP contribution < -0.4 is 10.5 Å². The third kappa shape index (κ3) is 2.92. The Hall–Kier alpha value is -1.67. The first-order valence-electron chi connectivity index (χ1n) is 5.36. The molecule has 0 saturated carbocycles. The van der Waals surface area contributed by atoms with Gasteiger partial charge in [0.2, 0.25) is 0 Å². The van der Waals surface area contributed by atoms with E-state index >= 15 is 0 Å². The van der Waals surface area contributed by atoms with E-state index in [1.54, 1.807) is 13.2 Å². The lowest BCUT2D eigenvalue weighted by Crippen LogP contribution is -1.95. The Labute approximate surface area is 106 Å². The zero-order chi connectivity index (χ0) is 12.3. The van der Waals surface area contributed by atoms with E-state index in [2.05, 4.69) is 0 Å². The number of ether oxygens (including phenoxy) is 1. The minimum Gasteiger partial charge on any atom is -0.497 e. The molecule has 0 bridgehead atoms. The van der Waals surface area contributed by atoms with Crippen molar-refractivity contribution in [1.82, 2.24) is 0 Å². The summed E-state index contributed by atoms with van der Waals surface area (Å²) in [5.74, 6) is 0.854. The summed E-state index contributed by atoms with van der Waals surface area (Å²) in [4.78, 5) is 0. The Morgan fingerprint density at radius 1 is 1.12 bits per heavy atom. The lowest BCUT2D eigenvalue weighted by molar-refractivity contribution is 0.414. The monoisotopic (exact) mass is 247 g/mol. The third-order valence-corrected chi connectivity index (χ3v) is 2.89. The minimum atomic E-state index is 0.711. The second-order valence-corrected chi connectivity index (χ2v) is 4.30. The van der Waals surface area contributed by atoms with E-state index in [9.17, 15) is 0 Å². The zero-order valence-corrected chi connectivity index (χ0v) is 10.4. The fourth-order valence-corrected chi connectivity index (χ4v) is 1.89. The molecule has 17 heavy (non-hydrogen) atoms. The maximum absolute atomic E-state index is 5.96. The summed E-state index contributed by atoms with van der Waals surface area (Å²) in [6.07, 6.45) is 0.774. The number of halogens is 1. The van der Waals surface area contributed by atoms with Gasteiger partial charge in [0, 0.05) is 10.7 Å². The van der Waals surface area contributed by atoms with Crippen molar-refractivity contribution in [1.29, 1.82) is 0 Å². The summed E-state index contributed by atoms with van der Waals surface area (Å²) in [5.41, 5.74) is 8.90. The molecule has 0 aliphatic heterocycles. The highest BCUT2D eigenvalue weighted by atomic mass is 35.5. The van der Waals surface area contributed by atoms with Crippen molar-refractivity contribution >= 4 is 17.3 Å². The van der Waals surface area contributed by atoms with Gasteiger partial charge in [-0.15, -0.1) is 0 Å². The van der Waals surface area contributed by atoms with E-state index in [0.29, 0.717) is 5.02 Å². The van der Waals surface area contributed by atoms with Gasteiger partial charge >= 0.3 is 0 Å². The summed E-state index contributed by atoms with van der Waals surface area (Å²) in [6, 6.07) is 13.5. The molecule has 0 radical (unpaired) electrons. The van der Waals surface area contributed by atoms with Crippen molar-refractivity contribution < 1.29 is 4.74 Å². The number of hydrogen-bond acceptors (Lipinski definition) is 2. The van der Waals surface area contributed by atoms with Gasteiger partial charge in [0.25, 0.3) is 0 Å². The number of rotatable bonds is 3. The second kappa shape index (κ2) is 5.11. The first-order valence-corrected chi connectivity index (χ1v) is 5.73. The van der Waals surface area contributed by atoms with Gasteiger partial charge in [-0.05, 0) is 47.9 Å². The standard InChI is InChI=1S/C14H14ClNO/c1-17-13-5-2-10(3-6-13)8-11-9-12(15)4-7-14(11)16/h2-7,9H,8,16H2,1H3. The highest BCUT2D eigenvalue weighted by molar-refractivity contribution is 6.30. The highest BCUT2D eigenvalue weighted by Gasteiger charge is 2.02. The molecule has 2 nitrogen and oxygen atoms in total. The van der Waals surface area contributed by atoms with E-state index in [0.717, 1.165) is 23.4 Å². The Kier molecular flexibility index (Phi) is 3.55. The molecule has 88 valence electrons. The maximum Gasteiger partial charge on any atom is 0.118 e. The molecule has 0 unspecified atom stereocenters. The van der Waals surface area contributed by atoms with Gasteiger partial charge in [-0.3, -0.25) is 0 Å². The molecule has 0 aromatic heterocycles. The van der Waals surface area contributed by atoms with Gasteiger partial charge in [-0.25, -0.2) is 0 Å². The predicted octanol–water partition coefficient (Wildman–Crippen LogP) is 3.52. The van der Waals surface area contributed by atoms with Crippen LogP contribution in [0.15, 0.2) is 42.5 Å². The molecule has 3 heteroatoms. The minimum absolute atomic E-state index is 0.711. The molecule has 2 aromatic carbocycles. The van der Waals surface area contributed by atoms with Crippen LogP contribution in [0.1, 0.15) is 11.1 Å². The second-order valence-electron chi connectivity index (χ2n) is 3.87. The number of methoxy groups -OCH3 is 1. The molecule has 0 atom stereocenters. The average molecular weight is 248 g/mol. The molecule has 0 spiro atoms. The summed E-state index contributed by atoms with van der Waals surface area (Å²) in [6.45, 7) is 0.